The summed E-state index contributed by atoms with van der Waals surface area (Å²) >= 11 is 7.34. The summed E-state index contributed by atoms with van der Waals surface area (Å²) in [7, 11) is 0. The minimum Gasteiger partial charge on any atom is -0.351 e. The number of thioether (sulfide) groups is 1. The first-order chi connectivity index (χ1) is 7.79. The van der Waals surface area contributed by atoms with Crippen molar-refractivity contribution in [1.29, 1.82) is 0 Å². The Morgan fingerprint density at radius 2 is 2.38 bits per heavy atom. The maximum atomic E-state index is 11.0. The molecule has 1 amide bonds. The molecular formula is C12H14ClNOS. The number of benzene rings is 1. The van der Waals surface area contributed by atoms with Gasteiger partial charge in [0.1, 0.15) is 5.88 Å². The zero-order chi connectivity index (χ0) is 11.4. The van der Waals surface area contributed by atoms with Crippen molar-refractivity contribution in [3.63, 3.8) is 0 Å². The van der Waals surface area contributed by atoms with Gasteiger partial charge in [-0.05, 0) is 35.8 Å². The monoisotopic (exact) mass is 255 g/mol. The van der Waals surface area contributed by atoms with E-state index in [1.54, 1.807) is 0 Å². The van der Waals surface area contributed by atoms with Gasteiger partial charge in [-0.2, -0.15) is 0 Å². The molecule has 1 heterocycles. The van der Waals surface area contributed by atoms with Gasteiger partial charge in [0.15, 0.2) is 0 Å². The summed E-state index contributed by atoms with van der Waals surface area (Å²) in [5, 5.41) is 2.78. The van der Waals surface area contributed by atoms with Crippen molar-refractivity contribution >= 4 is 29.3 Å². The van der Waals surface area contributed by atoms with Crippen LogP contribution in [0.15, 0.2) is 23.1 Å². The lowest BCUT2D eigenvalue weighted by molar-refractivity contribution is -0.118. The summed E-state index contributed by atoms with van der Waals surface area (Å²) in [6.45, 7) is 0.573. The summed E-state index contributed by atoms with van der Waals surface area (Å²) in [6.07, 6.45) is 2.40. The number of fused-ring (bicyclic) bond motifs is 1. The molecule has 16 heavy (non-hydrogen) atoms. The summed E-state index contributed by atoms with van der Waals surface area (Å²) in [6, 6.07) is 6.42. The van der Waals surface area contributed by atoms with E-state index in [9.17, 15) is 4.79 Å². The van der Waals surface area contributed by atoms with Gasteiger partial charge < -0.3 is 5.32 Å². The second kappa shape index (κ2) is 5.60. The smallest absolute Gasteiger partial charge is 0.235 e. The predicted octanol–water partition coefficient (Wildman–Crippen LogP) is 2.58. The van der Waals surface area contributed by atoms with Crippen molar-refractivity contribution in [1.82, 2.24) is 5.32 Å². The van der Waals surface area contributed by atoms with Crippen molar-refractivity contribution in [2.75, 3.05) is 11.6 Å². The van der Waals surface area contributed by atoms with E-state index in [1.807, 2.05) is 11.8 Å². The number of rotatable bonds is 3. The van der Waals surface area contributed by atoms with Gasteiger partial charge in [0.25, 0.3) is 0 Å². The number of nitrogens with one attached hydrogen (secondary N) is 1. The normalized spacial score (nSPS) is 14.3. The molecule has 0 spiro atoms. The molecule has 1 aliphatic rings. The van der Waals surface area contributed by atoms with Crippen LogP contribution in [0, 0.1) is 0 Å². The van der Waals surface area contributed by atoms with Gasteiger partial charge in [0.05, 0.1) is 0 Å². The topological polar surface area (TPSA) is 29.1 Å². The third-order valence-corrected chi connectivity index (χ3v) is 4.03. The standard InChI is InChI=1S/C12H14ClNOS/c13-7-12(15)14-8-9-3-4-11-10(6-9)2-1-5-16-11/h3-4,6H,1-2,5,7-8H2,(H,14,15). The second-order valence-electron chi connectivity index (χ2n) is 3.80. The molecule has 0 radical (unpaired) electrons. The molecule has 1 aromatic carbocycles. The molecule has 2 nitrogen and oxygen atoms in total. The van der Waals surface area contributed by atoms with E-state index >= 15 is 0 Å². The van der Waals surface area contributed by atoms with Crippen LogP contribution in [0.5, 0.6) is 0 Å². The fourth-order valence-corrected chi connectivity index (χ4v) is 2.89. The van der Waals surface area contributed by atoms with Crippen LogP contribution in [0.3, 0.4) is 0 Å². The molecule has 1 N–H and O–H groups in total. The van der Waals surface area contributed by atoms with Crippen LogP contribution in [0.4, 0.5) is 0 Å². The molecule has 86 valence electrons. The Labute approximate surface area is 105 Å². The zero-order valence-electron chi connectivity index (χ0n) is 8.96. The molecule has 0 fully saturated rings. The predicted molar refractivity (Wildman–Crippen MR) is 68.1 cm³/mol. The summed E-state index contributed by atoms with van der Waals surface area (Å²) in [5.41, 5.74) is 2.56. The molecule has 0 saturated carbocycles. The van der Waals surface area contributed by atoms with Crippen LogP contribution in [0.25, 0.3) is 0 Å². The number of carbonyl (C=O) groups is 1. The van der Waals surface area contributed by atoms with E-state index in [2.05, 4.69) is 23.5 Å². The molecule has 0 aromatic heterocycles. The van der Waals surface area contributed by atoms with Crippen molar-refractivity contribution in [2.24, 2.45) is 0 Å². The molecule has 0 unspecified atom stereocenters. The minimum atomic E-state index is -0.117. The molecule has 1 aromatic rings. The molecular weight excluding hydrogens is 242 g/mol. The number of alkyl halides is 1. The lowest BCUT2D eigenvalue weighted by Crippen LogP contribution is -2.23. The van der Waals surface area contributed by atoms with Crippen molar-refractivity contribution in [3.8, 4) is 0 Å². The highest BCUT2D eigenvalue weighted by atomic mass is 35.5. The summed E-state index contributed by atoms with van der Waals surface area (Å²) in [4.78, 5) is 12.4. The van der Waals surface area contributed by atoms with E-state index in [-0.39, 0.29) is 11.8 Å². The Kier molecular flexibility index (Phi) is 4.13. The number of aryl methyl sites for hydroxylation is 1. The maximum absolute atomic E-state index is 11.0. The zero-order valence-corrected chi connectivity index (χ0v) is 10.5. The number of halogens is 1. The van der Waals surface area contributed by atoms with Crippen LogP contribution < -0.4 is 5.32 Å². The largest absolute Gasteiger partial charge is 0.351 e. The van der Waals surface area contributed by atoms with E-state index in [1.165, 1.54) is 22.6 Å². The molecule has 0 saturated heterocycles. The second-order valence-corrected chi connectivity index (χ2v) is 5.21. The van der Waals surface area contributed by atoms with E-state index in [0.717, 1.165) is 12.0 Å². The SMILES string of the molecule is O=C(CCl)NCc1ccc2c(c1)CCCS2. The van der Waals surface area contributed by atoms with Crippen LogP contribution in [0.2, 0.25) is 0 Å². The lowest BCUT2D eigenvalue weighted by atomic mass is 10.1. The first-order valence-corrected chi connectivity index (χ1v) is 6.89. The van der Waals surface area contributed by atoms with Crippen molar-refractivity contribution in [3.05, 3.63) is 29.3 Å². The van der Waals surface area contributed by atoms with Gasteiger partial charge in [-0.25, -0.2) is 0 Å². The van der Waals surface area contributed by atoms with Gasteiger partial charge in [-0.1, -0.05) is 12.1 Å². The quantitative estimate of drug-likeness (QED) is 0.842. The number of amides is 1. The van der Waals surface area contributed by atoms with E-state index in [4.69, 9.17) is 11.6 Å². The molecule has 1 aliphatic heterocycles. The van der Waals surface area contributed by atoms with Gasteiger partial charge in [0, 0.05) is 11.4 Å². The van der Waals surface area contributed by atoms with E-state index < -0.39 is 0 Å². The van der Waals surface area contributed by atoms with Crippen LogP contribution in [-0.4, -0.2) is 17.5 Å². The number of hydrogen-bond acceptors (Lipinski definition) is 2. The highest BCUT2D eigenvalue weighted by molar-refractivity contribution is 7.99. The van der Waals surface area contributed by atoms with Crippen LogP contribution in [0.1, 0.15) is 17.5 Å². The molecule has 0 bridgehead atoms. The van der Waals surface area contributed by atoms with Gasteiger partial charge in [-0.3, -0.25) is 4.79 Å². The molecule has 0 atom stereocenters. The Bertz CT molecular complexity index is 395. The highest BCUT2D eigenvalue weighted by Crippen LogP contribution is 2.30. The average Bonchev–Trinajstić information content (AvgIpc) is 2.35. The molecule has 2 rings (SSSR count). The summed E-state index contributed by atoms with van der Waals surface area (Å²) < 4.78 is 0. The fourth-order valence-electron chi connectivity index (χ4n) is 1.77. The van der Waals surface area contributed by atoms with E-state index in [0.29, 0.717) is 6.54 Å². The number of hydrogen-bond donors (Lipinski definition) is 1. The van der Waals surface area contributed by atoms with Gasteiger partial charge in [0.2, 0.25) is 5.91 Å². The minimum absolute atomic E-state index is 0.0286. The van der Waals surface area contributed by atoms with Crippen molar-refractivity contribution < 1.29 is 4.79 Å². The average molecular weight is 256 g/mol. The summed E-state index contributed by atoms with van der Waals surface area (Å²) in [5.74, 6) is 1.13. The van der Waals surface area contributed by atoms with Crippen LogP contribution in [-0.2, 0) is 17.8 Å². The van der Waals surface area contributed by atoms with Gasteiger partial charge in [-0.15, -0.1) is 23.4 Å². The van der Waals surface area contributed by atoms with Gasteiger partial charge >= 0.3 is 0 Å². The Morgan fingerprint density at radius 3 is 3.19 bits per heavy atom. The Hall–Kier alpha value is -0.670. The first-order valence-electron chi connectivity index (χ1n) is 5.37. The lowest BCUT2D eigenvalue weighted by Gasteiger charge is -2.16. The third kappa shape index (κ3) is 2.92. The van der Waals surface area contributed by atoms with Crippen LogP contribution >= 0.6 is 23.4 Å². The maximum Gasteiger partial charge on any atom is 0.235 e. The highest BCUT2D eigenvalue weighted by Gasteiger charge is 2.10. The van der Waals surface area contributed by atoms with Crippen molar-refractivity contribution in [2.45, 2.75) is 24.3 Å². The molecule has 4 heteroatoms. The fraction of sp³-hybridized carbons (Fsp3) is 0.417. The third-order valence-electron chi connectivity index (χ3n) is 2.58. The molecule has 0 aliphatic carbocycles. The number of carbonyl (C=O) groups excluding carboxylic acids is 1. The Morgan fingerprint density at radius 1 is 1.50 bits per heavy atom. The first kappa shape index (κ1) is 11.8. The Balaban J connectivity index is 2.03.